The highest BCUT2D eigenvalue weighted by Crippen LogP contribution is 2.32. The zero-order valence-corrected chi connectivity index (χ0v) is 13.6. The Bertz CT molecular complexity index is 593. The van der Waals surface area contributed by atoms with Gasteiger partial charge in [-0.15, -0.1) is 0 Å². The summed E-state index contributed by atoms with van der Waals surface area (Å²) in [5.74, 6) is 1.13. The van der Waals surface area contributed by atoms with Gasteiger partial charge in [0, 0.05) is 23.0 Å². The molecule has 0 radical (unpaired) electrons. The van der Waals surface area contributed by atoms with Crippen LogP contribution in [0.25, 0.3) is 10.8 Å². The molecule has 114 valence electrons. The van der Waals surface area contributed by atoms with Crippen LogP contribution in [0.1, 0.15) is 52.1 Å². The Kier molecular flexibility index (Phi) is 5.24. The molecule has 0 aliphatic heterocycles. The SMILES string of the molecule is CCC(C)CC(C)NC(C)c1ccc2ccccc2c1O. The second-order valence-corrected chi connectivity index (χ2v) is 6.26. The standard InChI is InChI=1S/C19H27NO/c1-5-13(2)12-14(3)20-15(4)17-11-10-16-8-6-7-9-18(16)19(17)21/h6-11,13-15,20-21H,5,12H2,1-4H3. The smallest absolute Gasteiger partial charge is 0.128 e. The molecule has 0 spiro atoms. The molecule has 2 rings (SSSR count). The molecule has 0 saturated carbocycles. The fraction of sp³-hybridized carbons (Fsp3) is 0.474. The van der Waals surface area contributed by atoms with Gasteiger partial charge in [-0.1, -0.05) is 56.7 Å². The zero-order valence-electron chi connectivity index (χ0n) is 13.6. The highest BCUT2D eigenvalue weighted by atomic mass is 16.3. The second kappa shape index (κ2) is 6.95. The Hall–Kier alpha value is -1.54. The van der Waals surface area contributed by atoms with Crippen molar-refractivity contribution < 1.29 is 5.11 Å². The van der Waals surface area contributed by atoms with Gasteiger partial charge in [0.15, 0.2) is 0 Å². The summed E-state index contributed by atoms with van der Waals surface area (Å²) in [6, 6.07) is 12.7. The molecule has 2 N–H and O–H groups in total. The molecule has 0 bridgehead atoms. The summed E-state index contributed by atoms with van der Waals surface area (Å²) < 4.78 is 0. The molecule has 2 aromatic carbocycles. The van der Waals surface area contributed by atoms with Gasteiger partial charge in [0.25, 0.3) is 0 Å². The maximum Gasteiger partial charge on any atom is 0.128 e. The van der Waals surface area contributed by atoms with Crippen LogP contribution in [0.3, 0.4) is 0 Å². The molecule has 3 unspecified atom stereocenters. The highest BCUT2D eigenvalue weighted by Gasteiger charge is 2.16. The van der Waals surface area contributed by atoms with E-state index < -0.39 is 0 Å². The van der Waals surface area contributed by atoms with Gasteiger partial charge < -0.3 is 10.4 Å². The number of hydrogen-bond donors (Lipinski definition) is 2. The summed E-state index contributed by atoms with van der Waals surface area (Å²) in [5, 5.41) is 16.1. The number of rotatable bonds is 6. The van der Waals surface area contributed by atoms with Crippen molar-refractivity contribution in [2.45, 2.75) is 52.6 Å². The molecule has 0 aliphatic carbocycles. The van der Waals surface area contributed by atoms with Crippen molar-refractivity contribution in [1.29, 1.82) is 0 Å². The van der Waals surface area contributed by atoms with E-state index in [1.54, 1.807) is 0 Å². The summed E-state index contributed by atoms with van der Waals surface area (Å²) in [5.41, 5.74) is 0.977. The summed E-state index contributed by atoms with van der Waals surface area (Å²) in [4.78, 5) is 0. The van der Waals surface area contributed by atoms with Gasteiger partial charge in [-0.2, -0.15) is 0 Å². The van der Waals surface area contributed by atoms with E-state index in [1.807, 2.05) is 30.3 Å². The fourth-order valence-corrected chi connectivity index (χ4v) is 2.98. The minimum atomic E-state index is 0.147. The van der Waals surface area contributed by atoms with Crippen LogP contribution in [0, 0.1) is 5.92 Å². The number of benzene rings is 2. The Balaban J connectivity index is 2.16. The number of phenolic OH excluding ortho intramolecular Hbond substituents is 1. The van der Waals surface area contributed by atoms with Crippen molar-refractivity contribution in [2.24, 2.45) is 5.92 Å². The summed E-state index contributed by atoms with van der Waals surface area (Å²) in [7, 11) is 0. The molecule has 21 heavy (non-hydrogen) atoms. The van der Waals surface area contributed by atoms with Gasteiger partial charge in [-0.3, -0.25) is 0 Å². The highest BCUT2D eigenvalue weighted by molar-refractivity contribution is 5.89. The summed E-state index contributed by atoms with van der Waals surface area (Å²) in [6.07, 6.45) is 2.37. The van der Waals surface area contributed by atoms with Gasteiger partial charge >= 0.3 is 0 Å². The van der Waals surface area contributed by atoms with Gasteiger partial charge in [0.2, 0.25) is 0 Å². The number of phenols is 1. The lowest BCUT2D eigenvalue weighted by molar-refractivity contribution is 0.379. The van der Waals surface area contributed by atoms with Gasteiger partial charge in [-0.25, -0.2) is 0 Å². The zero-order chi connectivity index (χ0) is 15.4. The lowest BCUT2D eigenvalue weighted by atomic mass is 9.97. The normalized spacial score (nSPS) is 15.8. The topological polar surface area (TPSA) is 32.3 Å². The van der Waals surface area contributed by atoms with Crippen molar-refractivity contribution in [3.63, 3.8) is 0 Å². The van der Waals surface area contributed by atoms with E-state index >= 15 is 0 Å². The van der Waals surface area contributed by atoms with Crippen molar-refractivity contribution in [3.8, 4) is 5.75 Å². The molecule has 0 aromatic heterocycles. The van der Waals surface area contributed by atoms with Crippen LogP contribution in [0.2, 0.25) is 0 Å². The molecular formula is C19H27NO. The van der Waals surface area contributed by atoms with Gasteiger partial charge in [0.05, 0.1) is 0 Å². The van der Waals surface area contributed by atoms with Crippen molar-refractivity contribution in [1.82, 2.24) is 5.32 Å². The Morgan fingerprint density at radius 1 is 1.05 bits per heavy atom. The first-order valence-corrected chi connectivity index (χ1v) is 7.99. The third kappa shape index (κ3) is 3.76. The second-order valence-electron chi connectivity index (χ2n) is 6.26. The average Bonchev–Trinajstić information content (AvgIpc) is 2.47. The van der Waals surface area contributed by atoms with Crippen LogP contribution >= 0.6 is 0 Å². The van der Waals surface area contributed by atoms with E-state index in [0.29, 0.717) is 11.8 Å². The van der Waals surface area contributed by atoms with E-state index in [1.165, 1.54) is 6.42 Å². The molecule has 2 aromatic rings. The van der Waals surface area contributed by atoms with Crippen LogP contribution in [-0.4, -0.2) is 11.1 Å². The van der Waals surface area contributed by atoms with Crippen LogP contribution in [0.5, 0.6) is 5.75 Å². The van der Waals surface area contributed by atoms with E-state index in [0.717, 1.165) is 28.7 Å². The lowest BCUT2D eigenvalue weighted by Crippen LogP contribution is -2.30. The van der Waals surface area contributed by atoms with Crippen LogP contribution in [0.15, 0.2) is 36.4 Å². The van der Waals surface area contributed by atoms with E-state index in [-0.39, 0.29) is 6.04 Å². The molecular weight excluding hydrogens is 258 g/mol. The Morgan fingerprint density at radius 2 is 1.76 bits per heavy atom. The molecule has 2 heteroatoms. The Morgan fingerprint density at radius 3 is 2.48 bits per heavy atom. The maximum atomic E-state index is 10.5. The van der Waals surface area contributed by atoms with E-state index in [4.69, 9.17) is 0 Å². The third-order valence-electron chi connectivity index (χ3n) is 4.39. The van der Waals surface area contributed by atoms with Gasteiger partial charge in [0.1, 0.15) is 5.75 Å². The van der Waals surface area contributed by atoms with Crippen LogP contribution in [0.4, 0.5) is 0 Å². The summed E-state index contributed by atoms with van der Waals surface area (Å²) in [6.45, 7) is 8.87. The first kappa shape index (κ1) is 15.8. The molecule has 0 amide bonds. The number of hydrogen-bond acceptors (Lipinski definition) is 2. The number of fused-ring (bicyclic) bond motifs is 1. The summed E-state index contributed by atoms with van der Waals surface area (Å²) >= 11 is 0. The number of aromatic hydroxyl groups is 1. The minimum absolute atomic E-state index is 0.147. The van der Waals surface area contributed by atoms with Crippen molar-refractivity contribution in [2.75, 3.05) is 0 Å². The first-order valence-electron chi connectivity index (χ1n) is 7.99. The molecule has 2 nitrogen and oxygen atoms in total. The van der Waals surface area contributed by atoms with Crippen LogP contribution in [-0.2, 0) is 0 Å². The van der Waals surface area contributed by atoms with Crippen molar-refractivity contribution in [3.05, 3.63) is 42.0 Å². The van der Waals surface area contributed by atoms with E-state index in [9.17, 15) is 5.11 Å². The van der Waals surface area contributed by atoms with Crippen molar-refractivity contribution >= 4 is 10.8 Å². The maximum absolute atomic E-state index is 10.5. The minimum Gasteiger partial charge on any atom is -0.507 e. The van der Waals surface area contributed by atoms with Crippen LogP contribution < -0.4 is 5.32 Å². The quantitative estimate of drug-likeness (QED) is 0.781. The lowest BCUT2D eigenvalue weighted by Gasteiger charge is -2.23. The predicted molar refractivity (Wildman–Crippen MR) is 90.7 cm³/mol. The molecule has 0 saturated heterocycles. The largest absolute Gasteiger partial charge is 0.507 e. The average molecular weight is 285 g/mol. The van der Waals surface area contributed by atoms with Gasteiger partial charge in [-0.05, 0) is 31.6 Å². The monoisotopic (exact) mass is 285 g/mol. The molecule has 0 heterocycles. The molecule has 3 atom stereocenters. The third-order valence-corrected chi connectivity index (χ3v) is 4.39. The Labute approximate surface area is 128 Å². The first-order chi connectivity index (χ1) is 10.0. The van der Waals surface area contributed by atoms with E-state index in [2.05, 4.69) is 39.1 Å². The molecule has 0 fully saturated rings. The molecule has 0 aliphatic rings. The predicted octanol–water partition coefficient (Wildman–Crippen LogP) is 5.02. The fourth-order valence-electron chi connectivity index (χ4n) is 2.98. The number of nitrogens with one attached hydrogen (secondary N) is 1.